The highest BCUT2D eigenvalue weighted by molar-refractivity contribution is 5.97. The Kier molecular flexibility index (Phi) is 9.67. The number of aromatic nitrogens is 3. The minimum atomic E-state index is -5.08. The molecule has 4 heterocycles. The zero-order valence-corrected chi connectivity index (χ0v) is 22.9. The third kappa shape index (κ3) is 8.06. The molecule has 0 bridgehead atoms. The van der Waals surface area contributed by atoms with Crippen LogP contribution in [0.15, 0.2) is 30.6 Å². The summed E-state index contributed by atoms with van der Waals surface area (Å²) in [5.41, 5.74) is 6.45. The highest BCUT2D eigenvalue weighted by Gasteiger charge is 2.38. The number of anilines is 2. The molecule has 0 aliphatic carbocycles. The second-order valence-corrected chi connectivity index (χ2v) is 10.4. The fourth-order valence-corrected chi connectivity index (χ4v) is 5.12. The molecule has 2 aliphatic heterocycles. The van der Waals surface area contributed by atoms with Gasteiger partial charge >= 0.3 is 18.3 Å². The third-order valence-electron chi connectivity index (χ3n) is 7.40. The molecular formula is C27H31F6N7O3. The van der Waals surface area contributed by atoms with E-state index in [0.717, 1.165) is 37.7 Å². The van der Waals surface area contributed by atoms with E-state index in [-0.39, 0.29) is 29.5 Å². The van der Waals surface area contributed by atoms with Gasteiger partial charge < -0.3 is 31.4 Å². The molecule has 6 N–H and O–H groups in total. The molecule has 10 nitrogen and oxygen atoms in total. The van der Waals surface area contributed by atoms with Crippen molar-refractivity contribution in [1.29, 1.82) is 0 Å². The van der Waals surface area contributed by atoms with Crippen molar-refractivity contribution in [3.8, 4) is 11.3 Å². The number of aromatic amines is 1. The number of rotatable bonds is 5. The van der Waals surface area contributed by atoms with E-state index < -0.39 is 23.9 Å². The Bertz CT molecular complexity index is 1430. The second kappa shape index (κ2) is 13.1. The van der Waals surface area contributed by atoms with Gasteiger partial charge in [-0.3, -0.25) is 4.79 Å². The summed E-state index contributed by atoms with van der Waals surface area (Å²) in [4.78, 5) is 34.0. The lowest BCUT2D eigenvalue weighted by molar-refractivity contribution is -0.192. The Morgan fingerprint density at radius 3 is 2.40 bits per heavy atom. The number of carboxylic acid groups (broad SMARTS) is 1. The van der Waals surface area contributed by atoms with Crippen LogP contribution in [0, 0.1) is 5.92 Å². The number of benzene rings is 1. The quantitative estimate of drug-likeness (QED) is 0.263. The number of nitrogens with zero attached hydrogens (tertiary/aromatic N) is 3. The summed E-state index contributed by atoms with van der Waals surface area (Å²) in [6.07, 6.45) is -2.86. The van der Waals surface area contributed by atoms with Gasteiger partial charge in [-0.25, -0.2) is 14.8 Å². The van der Waals surface area contributed by atoms with E-state index in [1.54, 1.807) is 6.20 Å². The van der Waals surface area contributed by atoms with Crippen LogP contribution in [-0.4, -0.2) is 70.3 Å². The number of hydrogen-bond acceptors (Lipinski definition) is 7. The Morgan fingerprint density at radius 1 is 1.07 bits per heavy atom. The number of halogens is 6. The van der Waals surface area contributed by atoms with Gasteiger partial charge in [0.15, 0.2) is 0 Å². The largest absolute Gasteiger partial charge is 0.490 e. The summed E-state index contributed by atoms with van der Waals surface area (Å²) in [6, 6.07) is 5.70. The van der Waals surface area contributed by atoms with E-state index >= 15 is 0 Å². The topological polar surface area (TPSA) is 149 Å². The molecule has 0 unspecified atom stereocenters. The number of fused-ring (bicyclic) bond motifs is 1. The number of amides is 1. The first-order valence-electron chi connectivity index (χ1n) is 13.6. The van der Waals surface area contributed by atoms with Gasteiger partial charge in [0.2, 0.25) is 11.9 Å². The molecule has 0 spiro atoms. The van der Waals surface area contributed by atoms with Gasteiger partial charge in [-0.1, -0.05) is 12.5 Å². The van der Waals surface area contributed by atoms with Gasteiger partial charge in [-0.2, -0.15) is 26.3 Å². The summed E-state index contributed by atoms with van der Waals surface area (Å²) in [5.74, 6) is -2.95. The van der Waals surface area contributed by atoms with Gasteiger partial charge in [0.1, 0.15) is 5.56 Å². The van der Waals surface area contributed by atoms with E-state index in [1.807, 2.05) is 18.2 Å². The first kappa shape index (κ1) is 31.8. The lowest BCUT2D eigenvalue weighted by atomic mass is 9.96. The molecule has 0 radical (unpaired) electrons. The zero-order chi connectivity index (χ0) is 31.4. The van der Waals surface area contributed by atoms with Crippen LogP contribution < -0.4 is 21.3 Å². The summed E-state index contributed by atoms with van der Waals surface area (Å²) in [6.45, 7) is 3.04. The van der Waals surface area contributed by atoms with Crippen LogP contribution in [0.1, 0.15) is 37.7 Å². The molecule has 2 saturated heterocycles. The molecule has 16 heteroatoms. The summed E-state index contributed by atoms with van der Waals surface area (Å²) in [7, 11) is 0. The SMILES string of the molecule is NC(=O)C1CCN(c2ccc3c(-c4nc(N[C@H]5CCCCNC5)ncc4C(F)(F)F)c[nH]c3c2)CC1.O=C(O)C(F)(F)F. The Morgan fingerprint density at radius 2 is 1.77 bits per heavy atom. The maximum atomic E-state index is 13.9. The van der Waals surface area contributed by atoms with E-state index in [9.17, 15) is 31.1 Å². The molecule has 234 valence electrons. The number of carbonyl (C=O) groups is 2. The highest BCUT2D eigenvalue weighted by Crippen LogP contribution is 2.39. The van der Waals surface area contributed by atoms with Crippen LogP contribution in [0.4, 0.5) is 38.0 Å². The van der Waals surface area contributed by atoms with Crippen molar-refractivity contribution in [1.82, 2.24) is 20.3 Å². The number of nitrogens with two attached hydrogens (primary N) is 1. The molecule has 1 aromatic carbocycles. The molecular weight excluding hydrogens is 584 g/mol. The Balaban J connectivity index is 0.000000541. The molecule has 2 fully saturated rings. The van der Waals surface area contributed by atoms with Crippen LogP contribution in [0.5, 0.6) is 0 Å². The first-order valence-corrected chi connectivity index (χ1v) is 13.6. The molecule has 1 atom stereocenters. The van der Waals surface area contributed by atoms with Crippen LogP contribution in [0.3, 0.4) is 0 Å². The number of H-pyrrole nitrogens is 1. The zero-order valence-electron chi connectivity index (χ0n) is 22.9. The molecule has 5 rings (SSSR count). The average Bonchev–Trinajstić information content (AvgIpc) is 3.20. The van der Waals surface area contributed by atoms with E-state index in [2.05, 4.69) is 30.5 Å². The van der Waals surface area contributed by atoms with Gasteiger partial charge in [0.05, 0.1) is 5.69 Å². The van der Waals surface area contributed by atoms with Crippen molar-refractivity contribution in [2.75, 3.05) is 36.4 Å². The standard InChI is InChI=1S/C25H30F3N7O.C2HF3O2/c26-25(27,28)20-14-32-24(33-16-3-1-2-8-30-12-16)34-22(20)19-13-31-21-11-17(4-5-18(19)21)35-9-6-15(7-10-35)23(29)36;3-2(4,5)1(6)7/h4-5,11,13-16,30-31H,1-3,6-10,12H2,(H2,29,36)(H,32,33,34);(H,6,7)/t16-;/m0./s1. The second-order valence-electron chi connectivity index (χ2n) is 10.4. The molecule has 0 saturated carbocycles. The fraction of sp³-hybridized carbons (Fsp3) is 0.481. The number of alkyl halides is 6. The number of carboxylic acids is 1. The first-order chi connectivity index (χ1) is 20.2. The number of primary amides is 1. The monoisotopic (exact) mass is 615 g/mol. The third-order valence-corrected chi connectivity index (χ3v) is 7.40. The van der Waals surface area contributed by atoms with Crippen molar-refractivity contribution in [3.05, 3.63) is 36.2 Å². The predicted octanol–water partition coefficient (Wildman–Crippen LogP) is 4.53. The molecule has 1 amide bonds. The van der Waals surface area contributed by atoms with Crippen molar-refractivity contribution < 1.29 is 41.0 Å². The van der Waals surface area contributed by atoms with Gasteiger partial charge in [-0.15, -0.1) is 0 Å². The highest BCUT2D eigenvalue weighted by atomic mass is 19.4. The predicted molar refractivity (Wildman–Crippen MR) is 146 cm³/mol. The van der Waals surface area contributed by atoms with Crippen molar-refractivity contribution in [3.63, 3.8) is 0 Å². The normalized spacial score (nSPS) is 18.5. The molecule has 2 aliphatic rings. The van der Waals surface area contributed by atoms with Gasteiger partial charge in [0.25, 0.3) is 0 Å². The van der Waals surface area contributed by atoms with Crippen LogP contribution >= 0.6 is 0 Å². The minimum absolute atomic E-state index is 0.0568. The number of piperidine rings is 1. The van der Waals surface area contributed by atoms with Crippen LogP contribution in [-0.2, 0) is 15.8 Å². The molecule has 2 aromatic heterocycles. The van der Waals surface area contributed by atoms with E-state index in [1.165, 1.54) is 0 Å². The number of carbonyl (C=O) groups excluding carboxylic acids is 1. The van der Waals surface area contributed by atoms with Gasteiger partial charge in [0, 0.05) is 66.1 Å². The van der Waals surface area contributed by atoms with Gasteiger partial charge in [-0.05, 0) is 44.4 Å². The molecule has 3 aromatic rings. The van der Waals surface area contributed by atoms with Crippen LogP contribution in [0.2, 0.25) is 0 Å². The van der Waals surface area contributed by atoms with Crippen LogP contribution in [0.25, 0.3) is 22.2 Å². The summed E-state index contributed by atoms with van der Waals surface area (Å²) in [5, 5.41) is 14.3. The van der Waals surface area contributed by atoms with Crippen molar-refractivity contribution in [2.24, 2.45) is 11.7 Å². The number of aliphatic carboxylic acids is 1. The Labute approximate surface area is 242 Å². The average molecular weight is 616 g/mol. The maximum absolute atomic E-state index is 13.9. The summed E-state index contributed by atoms with van der Waals surface area (Å²) < 4.78 is 73.5. The maximum Gasteiger partial charge on any atom is 0.490 e. The Hall–Kier alpha value is -4.08. The molecule has 43 heavy (non-hydrogen) atoms. The lowest BCUT2D eigenvalue weighted by Crippen LogP contribution is -2.38. The number of nitrogens with one attached hydrogen (secondary N) is 3. The van der Waals surface area contributed by atoms with Crippen molar-refractivity contribution >= 4 is 34.4 Å². The van der Waals surface area contributed by atoms with E-state index in [0.29, 0.717) is 48.9 Å². The van der Waals surface area contributed by atoms with E-state index in [4.69, 9.17) is 15.6 Å². The summed E-state index contributed by atoms with van der Waals surface area (Å²) >= 11 is 0. The lowest BCUT2D eigenvalue weighted by Gasteiger charge is -2.32. The van der Waals surface area contributed by atoms with Crippen molar-refractivity contribution in [2.45, 2.75) is 50.5 Å². The fourth-order valence-electron chi connectivity index (χ4n) is 5.12. The number of hydrogen-bond donors (Lipinski definition) is 5. The smallest absolute Gasteiger partial charge is 0.475 e. The minimum Gasteiger partial charge on any atom is -0.475 e.